The Morgan fingerprint density at radius 1 is 1.43 bits per heavy atom. The number of carbonyl (C=O) groups is 1. The third-order valence-corrected chi connectivity index (χ3v) is 2.82. The van der Waals surface area contributed by atoms with E-state index < -0.39 is 11.2 Å². The van der Waals surface area contributed by atoms with Gasteiger partial charge in [0, 0.05) is 4.90 Å². The number of ether oxygens (including phenoxy) is 1. The van der Waals surface area contributed by atoms with Gasteiger partial charge in [-0.2, -0.15) is 0 Å². The van der Waals surface area contributed by atoms with Crippen LogP contribution >= 0.6 is 11.8 Å². The minimum Gasteiger partial charge on any atom is -0.497 e. The molecule has 1 atom stereocenters. The van der Waals surface area contributed by atoms with Crippen molar-refractivity contribution in [2.24, 2.45) is 0 Å². The summed E-state index contributed by atoms with van der Waals surface area (Å²) in [6.07, 6.45) is 0. The standard InChI is InChI=1S/C10H12O3S/c1-7(10(11)12)14-9-5-3-8(13-2)4-6-9/h3-7H,1-2H3,(H,11,12)/t7-/m1/s1. The summed E-state index contributed by atoms with van der Waals surface area (Å²) in [5, 5.41) is 8.27. The Kier molecular flexibility index (Phi) is 3.83. The van der Waals surface area contributed by atoms with Gasteiger partial charge in [-0.25, -0.2) is 0 Å². The summed E-state index contributed by atoms with van der Waals surface area (Å²) in [6, 6.07) is 7.33. The van der Waals surface area contributed by atoms with Crippen molar-refractivity contribution < 1.29 is 14.6 Å². The summed E-state index contributed by atoms with van der Waals surface area (Å²) in [6.45, 7) is 1.66. The highest BCUT2D eigenvalue weighted by Gasteiger charge is 2.11. The Bertz CT molecular complexity index is 308. The highest BCUT2D eigenvalue weighted by atomic mass is 32.2. The normalized spacial score (nSPS) is 12.1. The van der Waals surface area contributed by atoms with Crippen LogP contribution in [0.3, 0.4) is 0 Å². The van der Waals surface area contributed by atoms with Gasteiger partial charge < -0.3 is 9.84 Å². The molecule has 0 amide bonds. The first-order valence-corrected chi connectivity index (χ1v) is 5.05. The minimum atomic E-state index is -0.800. The molecule has 0 aliphatic carbocycles. The molecular weight excluding hydrogens is 200 g/mol. The van der Waals surface area contributed by atoms with Crippen molar-refractivity contribution in [3.63, 3.8) is 0 Å². The van der Waals surface area contributed by atoms with E-state index >= 15 is 0 Å². The Morgan fingerprint density at radius 2 is 2.00 bits per heavy atom. The molecule has 0 bridgehead atoms. The van der Waals surface area contributed by atoms with E-state index in [1.165, 1.54) is 11.8 Å². The van der Waals surface area contributed by atoms with Crippen molar-refractivity contribution >= 4 is 17.7 Å². The van der Waals surface area contributed by atoms with Crippen LogP contribution in [0.1, 0.15) is 6.92 Å². The zero-order chi connectivity index (χ0) is 10.6. The lowest BCUT2D eigenvalue weighted by Crippen LogP contribution is -2.10. The Labute approximate surface area is 87.1 Å². The van der Waals surface area contributed by atoms with Gasteiger partial charge in [-0.1, -0.05) is 0 Å². The van der Waals surface area contributed by atoms with Gasteiger partial charge in [-0.15, -0.1) is 11.8 Å². The van der Waals surface area contributed by atoms with Gasteiger partial charge in [-0.3, -0.25) is 4.79 Å². The molecule has 0 unspecified atom stereocenters. The van der Waals surface area contributed by atoms with Gasteiger partial charge >= 0.3 is 5.97 Å². The van der Waals surface area contributed by atoms with Crippen LogP contribution in [0.4, 0.5) is 0 Å². The van der Waals surface area contributed by atoms with Crippen molar-refractivity contribution in [3.8, 4) is 5.75 Å². The van der Waals surface area contributed by atoms with E-state index in [2.05, 4.69) is 0 Å². The van der Waals surface area contributed by atoms with Crippen LogP contribution in [0.15, 0.2) is 29.2 Å². The fourth-order valence-corrected chi connectivity index (χ4v) is 1.71. The van der Waals surface area contributed by atoms with Gasteiger partial charge in [0.2, 0.25) is 0 Å². The lowest BCUT2D eigenvalue weighted by atomic mass is 10.3. The maximum absolute atomic E-state index is 10.6. The molecule has 3 nitrogen and oxygen atoms in total. The molecule has 4 heteroatoms. The Hall–Kier alpha value is -1.16. The van der Waals surface area contributed by atoms with Crippen molar-refractivity contribution in [1.29, 1.82) is 0 Å². The molecule has 1 rings (SSSR count). The lowest BCUT2D eigenvalue weighted by Gasteiger charge is -2.06. The molecular formula is C10H12O3S. The number of hydrogen-bond donors (Lipinski definition) is 1. The summed E-state index contributed by atoms with van der Waals surface area (Å²) < 4.78 is 5.00. The highest BCUT2D eigenvalue weighted by Crippen LogP contribution is 2.25. The van der Waals surface area contributed by atoms with Gasteiger partial charge in [0.25, 0.3) is 0 Å². The molecule has 0 saturated heterocycles. The molecule has 0 spiro atoms. The maximum Gasteiger partial charge on any atom is 0.316 e. The monoisotopic (exact) mass is 212 g/mol. The van der Waals surface area contributed by atoms with E-state index in [0.717, 1.165) is 10.6 Å². The quantitative estimate of drug-likeness (QED) is 0.778. The molecule has 14 heavy (non-hydrogen) atoms. The summed E-state index contributed by atoms with van der Waals surface area (Å²) in [5.41, 5.74) is 0. The van der Waals surface area contributed by atoms with E-state index in [0.29, 0.717) is 0 Å². The third-order valence-electron chi connectivity index (χ3n) is 1.72. The number of aliphatic carboxylic acids is 1. The average molecular weight is 212 g/mol. The number of carboxylic acid groups (broad SMARTS) is 1. The molecule has 0 aliphatic rings. The second-order valence-corrected chi connectivity index (χ2v) is 4.19. The Balaban J connectivity index is 2.64. The van der Waals surface area contributed by atoms with Crippen molar-refractivity contribution in [2.75, 3.05) is 7.11 Å². The van der Waals surface area contributed by atoms with Crippen LogP contribution in [0, 0.1) is 0 Å². The van der Waals surface area contributed by atoms with E-state index in [1.807, 2.05) is 24.3 Å². The summed E-state index contributed by atoms with van der Waals surface area (Å²) in [7, 11) is 1.60. The average Bonchev–Trinajstić information content (AvgIpc) is 2.19. The zero-order valence-corrected chi connectivity index (χ0v) is 8.88. The van der Waals surface area contributed by atoms with Crippen LogP contribution in [-0.2, 0) is 4.79 Å². The van der Waals surface area contributed by atoms with Crippen LogP contribution in [0.25, 0.3) is 0 Å². The smallest absolute Gasteiger partial charge is 0.316 e. The topological polar surface area (TPSA) is 46.5 Å². The van der Waals surface area contributed by atoms with Crippen LogP contribution in [-0.4, -0.2) is 23.4 Å². The molecule has 0 saturated carbocycles. The molecule has 0 aliphatic heterocycles. The molecule has 1 aromatic rings. The van der Waals surface area contributed by atoms with Gasteiger partial charge in [0.15, 0.2) is 0 Å². The first-order valence-electron chi connectivity index (χ1n) is 4.17. The van der Waals surface area contributed by atoms with Crippen molar-refractivity contribution in [1.82, 2.24) is 0 Å². The predicted molar refractivity (Wildman–Crippen MR) is 55.9 cm³/mol. The molecule has 0 heterocycles. The first kappa shape index (κ1) is 10.9. The SMILES string of the molecule is COc1ccc(S[C@H](C)C(=O)O)cc1. The van der Waals surface area contributed by atoms with Crippen LogP contribution < -0.4 is 4.74 Å². The number of hydrogen-bond acceptors (Lipinski definition) is 3. The maximum atomic E-state index is 10.6. The van der Waals surface area contributed by atoms with Crippen LogP contribution in [0.2, 0.25) is 0 Å². The number of benzene rings is 1. The second-order valence-electron chi connectivity index (χ2n) is 2.77. The molecule has 0 radical (unpaired) electrons. The number of thioether (sulfide) groups is 1. The van der Waals surface area contributed by atoms with Gasteiger partial charge in [0.05, 0.1) is 7.11 Å². The summed E-state index contributed by atoms with van der Waals surface area (Å²) in [4.78, 5) is 11.5. The number of carboxylic acids is 1. The van der Waals surface area contributed by atoms with E-state index in [-0.39, 0.29) is 0 Å². The van der Waals surface area contributed by atoms with Crippen molar-refractivity contribution in [3.05, 3.63) is 24.3 Å². The van der Waals surface area contributed by atoms with Crippen LogP contribution in [0.5, 0.6) is 5.75 Å². The van der Waals surface area contributed by atoms with E-state index in [9.17, 15) is 4.79 Å². The number of rotatable bonds is 4. The second kappa shape index (κ2) is 4.91. The molecule has 0 aromatic heterocycles. The van der Waals surface area contributed by atoms with Gasteiger partial charge in [0.1, 0.15) is 11.0 Å². The van der Waals surface area contributed by atoms with Crippen molar-refractivity contribution in [2.45, 2.75) is 17.1 Å². The first-order chi connectivity index (χ1) is 6.63. The Morgan fingerprint density at radius 3 is 2.43 bits per heavy atom. The minimum absolute atomic E-state index is 0.427. The van der Waals surface area contributed by atoms with E-state index in [4.69, 9.17) is 9.84 Å². The van der Waals surface area contributed by atoms with E-state index in [1.54, 1.807) is 14.0 Å². The predicted octanol–water partition coefficient (Wildman–Crippen LogP) is 2.26. The zero-order valence-electron chi connectivity index (χ0n) is 8.06. The fraction of sp³-hybridized carbons (Fsp3) is 0.300. The molecule has 1 aromatic carbocycles. The molecule has 76 valence electrons. The number of methoxy groups -OCH3 is 1. The molecule has 0 fully saturated rings. The highest BCUT2D eigenvalue weighted by molar-refractivity contribution is 8.00. The summed E-state index contributed by atoms with van der Waals surface area (Å²) >= 11 is 1.32. The lowest BCUT2D eigenvalue weighted by molar-refractivity contribution is -0.136. The molecule has 1 N–H and O–H groups in total. The fourth-order valence-electron chi connectivity index (χ4n) is 0.909. The third kappa shape index (κ3) is 2.96. The largest absolute Gasteiger partial charge is 0.497 e. The van der Waals surface area contributed by atoms with Gasteiger partial charge in [-0.05, 0) is 31.2 Å². The summed E-state index contributed by atoms with van der Waals surface area (Å²) in [5.74, 6) is -0.0249.